The molecule has 0 atom stereocenters. The van der Waals surface area contributed by atoms with Gasteiger partial charge in [-0.25, -0.2) is 28.1 Å². The summed E-state index contributed by atoms with van der Waals surface area (Å²) in [5.74, 6) is 0.693. The van der Waals surface area contributed by atoms with E-state index in [1.165, 1.54) is 29.7 Å². The van der Waals surface area contributed by atoms with Crippen LogP contribution in [0.5, 0.6) is 0 Å². The van der Waals surface area contributed by atoms with Crippen LogP contribution >= 0.6 is 0 Å². The van der Waals surface area contributed by atoms with E-state index in [1.807, 2.05) is 0 Å². The summed E-state index contributed by atoms with van der Waals surface area (Å²) in [4.78, 5) is 11.7. The molecule has 0 aliphatic heterocycles. The Morgan fingerprint density at radius 3 is 2.78 bits per heavy atom. The van der Waals surface area contributed by atoms with Crippen molar-refractivity contribution in [3.63, 3.8) is 0 Å². The van der Waals surface area contributed by atoms with E-state index in [0.717, 1.165) is 0 Å². The fraction of sp³-hybridized carbons (Fsp3) is 0.333. The fourth-order valence-corrected chi connectivity index (χ4v) is 2.79. The molecule has 9 heteroatoms. The number of rotatable bonds is 4. The lowest BCUT2D eigenvalue weighted by molar-refractivity contribution is 0.599. The average molecular weight is 266 g/mol. The Labute approximate surface area is 103 Å². The van der Waals surface area contributed by atoms with Gasteiger partial charge >= 0.3 is 0 Å². The molecule has 2 aromatic rings. The van der Waals surface area contributed by atoms with Crippen LogP contribution < -0.4 is 4.72 Å². The number of anilines is 1. The number of aromatic nitrogens is 5. The van der Waals surface area contributed by atoms with Crippen molar-refractivity contribution < 1.29 is 8.42 Å². The Balaban J connectivity index is 1.87. The monoisotopic (exact) mass is 266 g/mol. The molecule has 8 nitrogen and oxygen atoms in total. The fourth-order valence-electron chi connectivity index (χ4n) is 1.46. The maximum atomic E-state index is 11.8. The third-order valence-corrected chi connectivity index (χ3v) is 4.36. The molecule has 0 amide bonds. The lowest BCUT2D eigenvalue weighted by Crippen LogP contribution is -2.18. The van der Waals surface area contributed by atoms with Crippen LogP contribution in [-0.4, -0.2) is 38.4 Å². The second-order valence-electron chi connectivity index (χ2n) is 3.95. The minimum Gasteiger partial charge on any atom is -0.267 e. The molecule has 2 heterocycles. The van der Waals surface area contributed by atoms with Crippen molar-refractivity contribution in [2.75, 3.05) is 4.72 Å². The molecule has 94 valence electrons. The Kier molecular flexibility index (Phi) is 2.47. The standard InChI is InChI=1S/C9H10N6O2S/c16-18(17,7-1-2-7)14-8-3-9(12-5-11-8)15-6-10-4-13-15/h3-7H,1-2H2,(H,11,12,14). The molecule has 3 rings (SSSR count). The van der Waals surface area contributed by atoms with Gasteiger partial charge in [0.25, 0.3) is 0 Å². The molecule has 0 saturated heterocycles. The Morgan fingerprint density at radius 1 is 1.28 bits per heavy atom. The highest BCUT2D eigenvalue weighted by molar-refractivity contribution is 7.93. The molecule has 0 bridgehead atoms. The molecule has 1 aliphatic rings. The lowest BCUT2D eigenvalue weighted by Gasteiger charge is -2.06. The molecule has 1 saturated carbocycles. The molecular weight excluding hydrogens is 256 g/mol. The zero-order chi connectivity index (χ0) is 12.6. The first kappa shape index (κ1) is 11.1. The summed E-state index contributed by atoms with van der Waals surface area (Å²) in [5, 5.41) is 3.62. The van der Waals surface area contributed by atoms with Gasteiger partial charge in [-0.1, -0.05) is 0 Å². The van der Waals surface area contributed by atoms with Gasteiger partial charge < -0.3 is 0 Å². The summed E-state index contributed by atoms with van der Waals surface area (Å²) in [7, 11) is -3.31. The molecule has 2 aromatic heterocycles. The molecular formula is C9H10N6O2S. The first-order valence-electron chi connectivity index (χ1n) is 5.34. The highest BCUT2D eigenvalue weighted by Gasteiger charge is 2.36. The molecule has 1 N–H and O–H groups in total. The zero-order valence-electron chi connectivity index (χ0n) is 9.26. The molecule has 0 aromatic carbocycles. The average Bonchev–Trinajstić information content (AvgIpc) is 3.06. The maximum Gasteiger partial charge on any atom is 0.236 e. The van der Waals surface area contributed by atoms with Crippen LogP contribution in [0, 0.1) is 0 Å². The highest BCUT2D eigenvalue weighted by atomic mass is 32.2. The van der Waals surface area contributed by atoms with E-state index in [1.54, 1.807) is 0 Å². The van der Waals surface area contributed by atoms with Crippen LogP contribution in [0.1, 0.15) is 12.8 Å². The van der Waals surface area contributed by atoms with Crippen LogP contribution in [0.15, 0.2) is 25.0 Å². The number of nitrogens with one attached hydrogen (secondary N) is 1. The van der Waals surface area contributed by atoms with Crippen molar-refractivity contribution in [2.24, 2.45) is 0 Å². The minimum atomic E-state index is -3.31. The maximum absolute atomic E-state index is 11.8. The summed E-state index contributed by atoms with van der Waals surface area (Å²) in [6.45, 7) is 0. The van der Waals surface area contributed by atoms with Crippen molar-refractivity contribution in [1.82, 2.24) is 24.7 Å². The molecule has 1 aliphatic carbocycles. The van der Waals surface area contributed by atoms with Crippen LogP contribution in [-0.2, 0) is 10.0 Å². The van der Waals surface area contributed by atoms with Crippen molar-refractivity contribution in [3.05, 3.63) is 25.0 Å². The second-order valence-corrected chi connectivity index (χ2v) is 5.91. The number of nitrogens with zero attached hydrogens (tertiary/aromatic N) is 5. The molecule has 0 spiro atoms. The predicted molar refractivity (Wildman–Crippen MR) is 62.5 cm³/mol. The van der Waals surface area contributed by atoms with Gasteiger partial charge in [-0.2, -0.15) is 5.10 Å². The van der Waals surface area contributed by atoms with Crippen molar-refractivity contribution in [1.29, 1.82) is 0 Å². The molecule has 18 heavy (non-hydrogen) atoms. The molecule has 0 unspecified atom stereocenters. The van der Waals surface area contributed by atoms with Gasteiger partial charge in [0.15, 0.2) is 5.82 Å². The van der Waals surface area contributed by atoms with Crippen molar-refractivity contribution >= 4 is 15.8 Å². The number of hydrogen-bond donors (Lipinski definition) is 1. The van der Waals surface area contributed by atoms with E-state index < -0.39 is 10.0 Å². The minimum absolute atomic E-state index is 0.238. The normalized spacial score (nSPS) is 15.6. The zero-order valence-corrected chi connectivity index (χ0v) is 10.1. The summed E-state index contributed by atoms with van der Waals surface area (Å²) >= 11 is 0. The Morgan fingerprint density at radius 2 is 2.11 bits per heavy atom. The molecule has 0 radical (unpaired) electrons. The topological polar surface area (TPSA) is 103 Å². The van der Waals surface area contributed by atoms with E-state index in [0.29, 0.717) is 18.7 Å². The van der Waals surface area contributed by atoms with Crippen LogP contribution in [0.2, 0.25) is 0 Å². The SMILES string of the molecule is O=S(=O)(Nc1cc(-n2cncn2)ncn1)C1CC1. The Hall–Kier alpha value is -2.03. The smallest absolute Gasteiger partial charge is 0.236 e. The first-order chi connectivity index (χ1) is 8.65. The second kappa shape index (κ2) is 4.02. The van der Waals surface area contributed by atoms with Crippen LogP contribution in [0.25, 0.3) is 5.82 Å². The van der Waals surface area contributed by atoms with E-state index >= 15 is 0 Å². The summed E-state index contributed by atoms with van der Waals surface area (Å²) in [6.07, 6.45) is 5.53. The lowest BCUT2D eigenvalue weighted by atomic mass is 10.5. The van der Waals surface area contributed by atoms with Crippen molar-refractivity contribution in [2.45, 2.75) is 18.1 Å². The van der Waals surface area contributed by atoms with Crippen LogP contribution in [0.4, 0.5) is 5.82 Å². The quantitative estimate of drug-likeness (QED) is 0.833. The number of hydrogen-bond acceptors (Lipinski definition) is 6. The summed E-state index contributed by atoms with van der Waals surface area (Å²) in [5.41, 5.74) is 0. The molecule has 1 fully saturated rings. The third kappa shape index (κ3) is 2.16. The van der Waals surface area contributed by atoms with E-state index in [9.17, 15) is 8.42 Å². The van der Waals surface area contributed by atoms with Gasteiger partial charge in [0.2, 0.25) is 10.0 Å². The highest BCUT2D eigenvalue weighted by Crippen LogP contribution is 2.29. The van der Waals surface area contributed by atoms with Crippen LogP contribution in [0.3, 0.4) is 0 Å². The summed E-state index contributed by atoms with van der Waals surface area (Å²) in [6, 6.07) is 1.51. The van der Waals surface area contributed by atoms with Gasteiger partial charge in [-0.05, 0) is 12.8 Å². The summed E-state index contributed by atoms with van der Waals surface area (Å²) < 4.78 is 27.4. The van der Waals surface area contributed by atoms with Gasteiger partial charge in [0.05, 0.1) is 5.25 Å². The third-order valence-electron chi connectivity index (χ3n) is 2.52. The van der Waals surface area contributed by atoms with E-state index in [4.69, 9.17) is 0 Å². The van der Waals surface area contributed by atoms with Gasteiger partial charge in [-0.15, -0.1) is 0 Å². The number of sulfonamides is 1. The Bertz CT molecular complexity index is 649. The van der Waals surface area contributed by atoms with Gasteiger partial charge in [0.1, 0.15) is 24.8 Å². The van der Waals surface area contributed by atoms with Crippen molar-refractivity contribution in [3.8, 4) is 5.82 Å². The predicted octanol–water partition coefficient (Wildman–Crippen LogP) is -0.0386. The first-order valence-corrected chi connectivity index (χ1v) is 6.88. The van der Waals surface area contributed by atoms with E-state index in [2.05, 4.69) is 24.8 Å². The van der Waals surface area contributed by atoms with Gasteiger partial charge in [0, 0.05) is 6.07 Å². The van der Waals surface area contributed by atoms with E-state index in [-0.39, 0.29) is 11.1 Å². The largest absolute Gasteiger partial charge is 0.267 e. The van der Waals surface area contributed by atoms with Gasteiger partial charge in [-0.3, -0.25) is 4.72 Å².